The molecule has 1 atom stereocenters. The van der Waals surface area contributed by atoms with Gasteiger partial charge in [0.2, 0.25) is 17.7 Å². The molecule has 0 aliphatic carbocycles. The van der Waals surface area contributed by atoms with Gasteiger partial charge in [-0.25, -0.2) is 0 Å². The quantitative estimate of drug-likeness (QED) is 0.906. The Balaban J connectivity index is 1.60. The molecule has 2 amide bonds. The molecule has 3 rings (SSSR count). The summed E-state index contributed by atoms with van der Waals surface area (Å²) < 4.78 is 5.26. The molecule has 0 spiro atoms. The minimum atomic E-state index is -0.208. The third kappa shape index (κ3) is 3.61. The van der Waals surface area contributed by atoms with Crippen LogP contribution in [0.3, 0.4) is 0 Å². The van der Waals surface area contributed by atoms with Gasteiger partial charge in [-0.05, 0) is 26.0 Å². The summed E-state index contributed by atoms with van der Waals surface area (Å²) in [4.78, 5) is 30.1. The van der Waals surface area contributed by atoms with Crippen molar-refractivity contribution in [3.63, 3.8) is 0 Å². The number of likely N-dealkylation sites (tertiary alicyclic amines) is 1. The van der Waals surface area contributed by atoms with Crippen LogP contribution in [0.4, 0.5) is 5.69 Å². The van der Waals surface area contributed by atoms with Crippen LogP contribution in [0.5, 0.6) is 0 Å². The normalized spacial score (nSPS) is 17.5. The van der Waals surface area contributed by atoms with E-state index < -0.39 is 0 Å². The van der Waals surface area contributed by atoms with Gasteiger partial charge in [0.25, 0.3) is 0 Å². The number of nitrogens with one attached hydrogen (secondary N) is 1. The Morgan fingerprint density at radius 3 is 2.79 bits per heavy atom. The number of nitrogens with zero attached hydrogens (tertiary/aromatic N) is 3. The number of para-hydroxylation sites is 1. The van der Waals surface area contributed by atoms with Crippen LogP contribution in [0.25, 0.3) is 0 Å². The van der Waals surface area contributed by atoms with Crippen LogP contribution in [0.2, 0.25) is 0 Å². The van der Waals surface area contributed by atoms with Crippen LogP contribution < -0.4 is 5.32 Å². The van der Waals surface area contributed by atoms with E-state index in [0.29, 0.717) is 24.7 Å². The van der Waals surface area contributed by atoms with E-state index in [1.54, 1.807) is 4.90 Å². The average molecular weight is 328 g/mol. The van der Waals surface area contributed by atoms with E-state index in [0.717, 1.165) is 5.69 Å². The largest absolute Gasteiger partial charge is 0.339 e. The van der Waals surface area contributed by atoms with Crippen LogP contribution in [-0.4, -0.2) is 39.4 Å². The first-order valence-corrected chi connectivity index (χ1v) is 8.00. The summed E-state index contributed by atoms with van der Waals surface area (Å²) in [7, 11) is 0. The Hall–Kier alpha value is -2.70. The van der Waals surface area contributed by atoms with E-state index >= 15 is 0 Å². The first-order chi connectivity index (χ1) is 11.5. The molecule has 7 heteroatoms. The molecule has 2 heterocycles. The summed E-state index contributed by atoms with van der Waals surface area (Å²) in [6, 6.07) is 9.35. The molecule has 1 aliphatic heterocycles. The van der Waals surface area contributed by atoms with Crippen LogP contribution in [0.1, 0.15) is 37.9 Å². The van der Waals surface area contributed by atoms with E-state index in [-0.39, 0.29) is 30.2 Å². The molecule has 24 heavy (non-hydrogen) atoms. The van der Waals surface area contributed by atoms with E-state index in [4.69, 9.17) is 4.52 Å². The maximum Gasteiger partial charge on any atom is 0.232 e. The van der Waals surface area contributed by atoms with Crippen molar-refractivity contribution >= 4 is 17.5 Å². The first kappa shape index (κ1) is 16.2. The molecule has 1 aromatic heterocycles. The van der Waals surface area contributed by atoms with Gasteiger partial charge in [0.05, 0.1) is 12.3 Å². The molecule has 2 aromatic rings. The molecule has 1 N–H and O–H groups in total. The monoisotopic (exact) mass is 328 g/mol. The predicted molar refractivity (Wildman–Crippen MR) is 87.3 cm³/mol. The Morgan fingerprint density at radius 2 is 2.12 bits per heavy atom. The van der Waals surface area contributed by atoms with Crippen LogP contribution in [0.15, 0.2) is 34.9 Å². The summed E-state index contributed by atoms with van der Waals surface area (Å²) in [6.07, 6.45) is 0.406. The highest BCUT2D eigenvalue weighted by molar-refractivity contribution is 5.91. The lowest BCUT2D eigenvalue weighted by atomic mass is 10.1. The fourth-order valence-corrected chi connectivity index (χ4v) is 2.77. The second kappa shape index (κ2) is 6.82. The SMILES string of the molecule is CC(C)N1C[C@H](c2nc(CC(=O)Nc3ccccc3)no2)CC1=O. The first-order valence-electron chi connectivity index (χ1n) is 8.00. The fraction of sp³-hybridized carbons (Fsp3) is 0.412. The van der Waals surface area contributed by atoms with Gasteiger partial charge < -0.3 is 14.7 Å². The van der Waals surface area contributed by atoms with E-state index in [2.05, 4.69) is 15.5 Å². The molecule has 0 radical (unpaired) electrons. The summed E-state index contributed by atoms with van der Waals surface area (Å²) in [5.41, 5.74) is 0.722. The zero-order valence-electron chi connectivity index (χ0n) is 13.7. The zero-order valence-corrected chi connectivity index (χ0v) is 13.7. The third-order valence-electron chi connectivity index (χ3n) is 3.99. The van der Waals surface area contributed by atoms with Gasteiger partial charge in [-0.3, -0.25) is 9.59 Å². The molecule has 0 unspecified atom stereocenters. The lowest BCUT2D eigenvalue weighted by Crippen LogP contribution is -2.31. The average Bonchev–Trinajstić information content (AvgIpc) is 3.14. The Kier molecular flexibility index (Phi) is 4.59. The minimum Gasteiger partial charge on any atom is -0.339 e. The van der Waals surface area contributed by atoms with Crippen molar-refractivity contribution in [2.45, 2.75) is 38.6 Å². The second-order valence-electron chi connectivity index (χ2n) is 6.18. The molecule has 1 saturated heterocycles. The Bertz CT molecular complexity index is 726. The van der Waals surface area contributed by atoms with Crippen molar-refractivity contribution in [2.24, 2.45) is 0 Å². The summed E-state index contributed by atoms with van der Waals surface area (Å²) in [5, 5.41) is 6.64. The van der Waals surface area contributed by atoms with Gasteiger partial charge in [-0.1, -0.05) is 23.4 Å². The fourth-order valence-electron chi connectivity index (χ4n) is 2.77. The number of hydrogen-bond acceptors (Lipinski definition) is 5. The number of amides is 2. The standard InChI is InChI=1S/C17H20N4O3/c1-11(2)21-10-12(8-16(21)23)17-19-14(20-24-17)9-15(22)18-13-6-4-3-5-7-13/h3-7,11-12H,8-10H2,1-2H3,(H,18,22)/t12-/m1/s1. The van der Waals surface area contributed by atoms with Crippen molar-refractivity contribution in [2.75, 3.05) is 11.9 Å². The topological polar surface area (TPSA) is 88.3 Å². The lowest BCUT2D eigenvalue weighted by Gasteiger charge is -2.20. The maximum atomic E-state index is 12.0. The van der Waals surface area contributed by atoms with Crippen LogP contribution >= 0.6 is 0 Å². The van der Waals surface area contributed by atoms with Gasteiger partial charge in [0, 0.05) is 24.7 Å². The molecule has 0 saturated carbocycles. The highest BCUT2D eigenvalue weighted by Crippen LogP contribution is 2.28. The smallest absolute Gasteiger partial charge is 0.232 e. The molecule has 7 nitrogen and oxygen atoms in total. The second-order valence-corrected chi connectivity index (χ2v) is 6.18. The van der Waals surface area contributed by atoms with E-state index in [1.165, 1.54) is 0 Å². The molecule has 0 bridgehead atoms. The summed E-state index contributed by atoms with van der Waals surface area (Å²) in [5.74, 6) is 0.539. The van der Waals surface area contributed by atoms with Gasteiger partial charge in [-0.15, -0.1) is 0 Å². The van der Waals surface area contributed by atoms with Gasteiger partial charge in [-0.2, -0.15) is 4.98 Å². The Labute approximate surface area is 140 Å². The maximum absolute atomic E-state index is 12.0. The summed E-state index contributed by atoms with van der Waals surface area (Å²) in [6.45, 7) is 4.54. The van der Waals surface area contributed by atoms with Crippen molar-refractivity contribution in [3.8, 4) is 0 Å². The third-order valence-corrected chi connectivity index (χ3v) is 3.99. The van der Waals surface area contributed by atoms with E-state index in [1.807, 2.05) is 44.2 Å². The molecule has 1 aromatic carbocycles. The molecule has 1 aliphatic rings. The lowest BCUT2D eigenvalue weighted by molar-refractivity contribution is -0.129. The van der Waals surface area contributed by atoms with Crippen LogP contribution in [0, 0.1) is 0 Å². The van der Waals surface area contributed by atoms with E-state index in [9.17, 15) is 9.59 Å². The molecule has 1 fully saturated rings. The van der Waals surface area contributed by atoms with Gasteiger partial charge >= 0.3 is 0 Å². The molecular weight excluding hydrogens is 308 g/mol. The van der Waals surface area contributed by atoms with Crippen molar-refractivity contribution in [3.05, 3.63) is 42.0 Å². The van der Waals surface area contributed by atoms with Gasteiger partial charge in [0.15, 0.2) is 5.82 Å². The minimum absolute atomic E-state index is 0.0347. The Morgan fingerprint density at radius 1 is 1.38 bits per heavy atom. The number of benzene rings is 1. The number of anilines is 1. The number of carbonyl (C=O) groups excluding carboxylic acids is 2. The van der Waals surface area contributed by atoms with Crippen molar-refractivity contribution < 1.29 is 14.1 Å². The summed E-state index contributed by atoms with van der Waals surface area (Å²) >= 11 is 0. The van der Waals surface area contributed by atoms with Crippen molar-refractivity contribution in [1.29, 1.82) is 0 Å². The molecule has 126 valence electrons. The zero-order chi connectivity index (χ0) is 17.1. The molecular formula is C17H20N4O3. The number of rotatable bonds is 5. The number of aromatic nitrogens is 2. The highest BCUT2D eigenvalue weighted by atomic mass is 16.5. The van der Waals surface area contributed by atoms with Gasteiger partial charge in [0.1, 0.15) is 0 Å². The highest BCUT2D eigenvalue weighted by Gasteiger charge is 2.35. The predicted octanol–water partition coefficient (Wildman–Crippen LogP) is 1.98. The number of hydrogen-bond donors (Lipinski definition) is 1. The van der Waals surface area contributed by atoms with Crippen LogP contribution in [-0.2, 0) is 16.0 Å². The number of carbonyl (C=O) groups is 2. The van der Waals surface area contributed by atoms with Crippen molar-refractivity contribution in [1.82, 2.24) is 15.0 Å².